The molecule has 0 spiro atoms. The van der Waals surface area contributed by atoms with Crippen molar-refractivity contribution in [2.75, 3.05) is 12.5 Å². The number of hydrogen-bond donors (Lipinski definition) is 1. The standard InChI is InChI=1S/C16H16N2O2S/c1-12(19)16(21-15-6-4-3-5-7-15)18-17-13-8-10-14(20-2)11-9-13/h3-11,17H,1-2H3/b18-16+. The number of thioether (sulfide) groups is 1. The molecule has 0 fully saturated rings. The Morgan fingerprint density at radius 1 is 1.10 bits per heavy atom. The third-order valence-corrected chi connectivity index (χ3v) is 3.72. The second-order valence-electron chi connectivity index (χ2n) is 4.23. The van der Waals surface area contributed by atoms with Gasteiger partial charge in [0.15, 0.2) is 10.8 Å². The molecule has 108 valence electrons. The van der Waals surface area contributed by atoms with E-state index in [-0.39, 0.29) is 5.78 Å². The Morgan fingerprint density at radius 3 is 2.33 bits per heavy atom. The minimum absolute atomic E-state index is 0.0788. The van der Waals surface area contributed by atoms with Crippen molar-refractivity contribution in [3.8, 4) is 5.75 Å². The van der Waals surface area contributed by atoms with Crippen LogP contribution in [0.25, 0.3) is 0 Å². The Bertz CT molecular complexity index is 624. The number of benzene rings is 2. The first-order valence-electron chi connectivity index (χ1n) is 6.40. The van der Waals surface area contributed by atoms with Crippen LogP contribution in [0.3, 0.4) is 0 Å². The smallest absolute Gasteiger partial charge is 0.186 e. The van der Waals surface area contributed by atoms with Crippen LogP contribution in [-0.4, -0.2) is 17.9 Å². The maximum atomic E-state index is 11.7. The molecule has 0 atom stereocenters. The van der Waals surface area contributed by atoms with Gasteiger partial charge in [0.05, 0.1) is 12.8 Å². The zero-order chi connectivity index (χ0) is 15.1. The molecule has 0 saturated heterocycles. The van der Waals surface area contributed by atoms with Gasteiger partial charge in [-0.25, -0.2) is 0 Å². The summed E-state index contributed by atoms with van der Waals surface area (Å²) in [5, 5.41) is 4.60. The van der Waals surface area contributed by atoms with Crippen molar-refractivity contribution in [3.05, 3.63) is 54.6 Å². The Kier molecular flexibility index (Phi) is 5.40. The summed E-state index contributed by atoms with van der Waals surface area (Å²) < 4.78 is 5.09. The number of hydrazone groups is 1. The predicted molar refractivity (Wildman–Crippen MR) is 87.0 cm³/mol. The number of carbonyl (C=O) groups is 1. The maximum absolute atomic E-state index is 11.7. The number of nitrogens with one attached hydrogen (secondary N) is 1. The lowest BCUT2D eigenvalue weighted by Gasteiger charge is -2.05. The van der Waals surface area contributed by atoms with E-state index in [1.54, 1.807) is 7.11 Å². The lowest BCUT2D eigenvalue weighted by molar-refractivity contribution is -0.110. The van der Waals surface area contributed by atoms with Gasteiger partial charge < -0.3 is 4.74 Å². The van der Waals surface area contributed by atoms with Crippen molar-refractivity contribution in [1.29, 1.82) is 0 Å². The van der Waals surface area contributed by atoms with Gasteiger partial charge in [0.25, 0.3) is 0 Å². The van der Waals surface area contributed by atoms with Gasteiger partial charge in [-0.1, -0.05) is 30.0 Å². The molecular weight excluding hydrogens is 284 g/mol. The quantitative estimate of drug-likeness (QED) is 0.395. The molecule has 2 aromatic rings. The lowest BCUT2D eigenvalue weighted by atomic mass is 10.3. The van der Waals surface area contributed by atoms with E-state index < -0.39 is 0 Å². The van der Waals surface area contributed by atoms with Gasteiger partial charge in [-0.05, 0) is 36.4 Å². The highest BCUT2D eigenvalue weighted by Crippen LogP contribution is 2.20. The summed E-state index contributed by atoms with van der Waals surface area (Å²) >= 11 is 1.34. The highest BCUT2D eigenvalue weighted by molar-refractivity contribution is 8.15. The molecule has 0 saturated carbocycles. The molecule has 1 N–H and O–H groups in total. The fourth-order valence-electron chi connectivity index (χ4n) is 1.55. The van der Waals surface area contributed by atoms with Crippen LogP contribution in [0.15, 0.2) is 64.6 Å². The van der Waals surface area contributed by atoms with Gasteiger partial charge in [0, 0.05) is 11.8 Å². The molecule has 4 nitrogen and oxygen atoms in total. The summed E-state index contributed by atoms with van der Waals surface area (Å²) in [6.45, 7) is 1.50. The van der Waals surface area contributed by atoms with Gasteiger partial charge in [-0.2, -0.15) is 5.10 Å². The van der Waals surface area contributed by atoms with Crippen molar-refractivity contribution < 1.29 is 9.53 Å². The molecule has 0 heterocycles. The number of anilines is 1. The largest absolute Gasteiger partial charge is 0.497 e. The number of nitrogens with zero attached hydrogens (tertiary/aromatic N) is 1. The van der Waals surface area contributed by atoms with E-state index in [1.165, 1.54) is 18.7 Å². The first-order valence-corrected chi connectivity index (χ1v) is 7.22. The van der Waals surface area contributed by atoms with Gasteiger partial charge in [-0.3, -0.25) is 10.2 Å². The van der Waals surface area contributed by atoms with E-state index in [0.29, 0.717) is 5.04 Å². The summed E-state index contributed by atoms with van der Waals surface area (Å²) in [6.07, 6.45) is 0. The van der Waals surface area contributed by atoms with Crippen LogP contribution in [0.2, 0.25) is 0 Å². The van der Waals surface area contributed by atoms with Gasteiger partial charge in [0.2, 0.25) is 0 Å². The Balaban J connectivity index is 2.08. The Morgan fingerprint density at radius 2 is 1.76 bits per heavy atom. The molecule has 0 radical (unpaired) electrons. The average Bonchev–Trinajstić information content (AvgIpc) is 2.52. The topological polar surface area (TPSA) is 50.7 Å². The van der Waals surface area contributed by atoms with E-state index in [2.05, 4.69) is 10.5 Å². The molecule has 0 aliphatic rings. The van der Waals surface area contributed by atoms with Crippen molar-refractivity contribution in [2.45, 2.75) is 11.8 Å². The molecule has 2 rings (SSSR count). The Hall–Kier alpha value is -2.27. The first-order chi connectivity index (χ1) is 10.2. The van der Waals surface area contributed by atoms with Crippen LogP contribution in [0.4, 0.5) is 5.69 Å². The van der Waals surface area contributed by atoms with Crippen molar-refractivity contribution in [1.82, 2.24) is 0 Å². The molecule has 2 aromatic carbocycles. The van der Waals surface area contributed by atoms with E-state index in [0.717, 1.165) is 16.3 Å². The van der Waals surface area contributed by atoms with E-state index >= 15 is 0 Å². The summed E-state index contributed by atoms with van der Waals surface area (Å²) in [5.41, 5.74) is 3.68. The second kappa shape index (κ2) is 7.50. The molecule has 0 aliphatic carbocycles. The van der Waals surface area contributed by atoms with Crippen LogP contribution in [-0.2, 0) is 4.79 Å². The summed E-state index contributed by atoms with van der Waals surface area (Å²) in [6, 6.07) is 17.0. The molecular formula is C16H16N2O2S. The molecule has 0 aliphatic heterocycles. The van der Waals surface area contributed by atoms with E-state index in [4.69, 9.17) is 4.74 Å². The van der Waals surface area contributed by atoms with Crippen molar-refractivity contribution in [3.63, 3.8) is 0 Å². The van der Waals surface area contributed by atoms with Crippen LogP contribution >= 0.6 is 11.8 Å². The van der Waals surface area contributed by atoms with Crippen LogP contribution in [0.5, 0.6) is 5.75 Å². The number of methoxy groups -OCH3 is 1. The SMILES string of the molecule is COc1ccc(N/N=C(/Sc2ccccc2)C(C)=O)cc1. The third-order valence-electron chi connectivity index (χ3n) is 2.64. The number of ketones is 1. The van der Waals surface area contributed by atoms with Crippen molar-refractivity contribution in [2.24, 2.45) is 5.10 Å². The average molecular weight is 300 g/mol. The predicted octanol–water partition coefficient (Wildman–Crippen LogP) is 3.80. The number of carbonyl (C=O) groups excluding carboxylic acids is 1. The second-order valence-corrected chi connectivity index (χ2v) is 5.29. The third kappa shape index (κ3) is 4.65. The zero-order valence-electron chi connectivity index (χ0n) is 11.9. The number of rotatable bonds is 5. The maximum Gasteiger partial charge on any atom is 0.186 e. The minimum atomic E-state index is -0.0788. The van der Waals surface area contributed by atoms with E-state index in [1.807, 2.05) is 54.6 Å². The number of ether oxygens (including phenoxy) is 1. The minimum Gasteiger partial charge on any atom is -0.497 e. The van der Waals surface area contributed by atoms with Gasteiger partial charge >= 0.3 is 0 Å². The molecule has 0 unspecified atom stereocenters. The fourth-order valence-corrected chi connectivity index (χ4v) is 2.31. The summed E-state index contributed by atoms with van der Waals surface area (Å²) in [5.74, 6) is 0.694. The zero-order valence-corrected chi connectivity index (χ0v) is 12.7. The molecule has 0 bridgehead atoms. The fraction of sp³-hybridized carbons (Fsp3) is 0.125. The highest BCUT2D eigenvalue weighted by Gasteiger charge is 2.08. The van der Waals surface area contributed by atoms with Gasteiger partial charge in [0.1, 0.15) is 5.75 Å². The molecule has 0 amide bonds. The first kappa shape index (κ1) is 15.1. The molecule has 0 aromatic heterocycles. The van der Waals surface area contributed by atoms with E-state index in [9.17, 15) is 4.79 Å². The Labute approximate surface area is 128 Å². The highest BCUT2D eigenvalue weighted by atomic mass is 32.2. The van der Waals surface area contributed by atoms with Crippen LogP contribution in [0, 0.1) is 0 Å². The molecule has 21 heavy (non-hydrogen) atoms. The monoisotopic (exact) mass is 300 g/mol. The summed E-state index contributed by atoms with van der Waals surface area (Å²) in [7, 11) is 1.62. The summed E-state index contributed by atoms with van der Waals surface area (Å²) in [4.78, 5) is 12.6. The van der Waals surface area contributed by atoms with Crippen molar-refractivity contribution >= 4 is 28.3 Å². The van der Waals surface area contributed by atoms with Gasteiger partial charge in [-0.15, -0.1) is 0 Å². The molecule has 5 heteroatoms. The number of Topliss-reactive ketones (excluding diaryl/α,β-unsaturated/α-hetero) is 1. The van der Waals surface area contributed by atoms with Crippen LogP contribution in [0.1, 0.15) is 6.92 Å². The van der Waals surface area contributed by atoms with Crippen LogP contribution < -0.4 is 10.2 Å². The normalized spacial score (nSPS) is 11.0. The lowest BCUT2D eigenvalue weighted by Crippen LogP contribution is -2.08. The number of hydrogen-bond acceptors (Lipinski definition) is 5.